The Morgan fingerprint density at radius 3 is 2.33 bits per heavy atom. The Bertz CT molecular complexity index is 607. The predicted octanol–water partition coefficient (Wildman–Crippen LogP) is 4.38. The molecule has 0 spiro atoms. The summed E-state index contributed by atoms with van der Waals surface area (Å²) in [6, 6.07) is 17.2. The van der Waals surface area contributed by atoms with Crippen LogP contribution in [0.3, 0.4) is 0 Å². The van der Waals surface area contributed by atoms with Gasteiger partial charge in [0.1, 0.15) is 18.1 Å². The number of unbranched alkanes of at least 4 members (excludes halogenated alkanes) is 1. The molecule has 128 valence electrons. The van der Waals surface area contributed by atoms with Gasteiger partial charge >= 0.3 is 5.97 Å². The van der Waals surface area contributed by atoms with Crippen LogP contribution >= 0.6 is 0 Å². The van der Waals surface area contributed by atoms with Crippen molar-refractivity contribution in [2.45, 2.75) is 39.4 Å². The maximum absolute atomic E-state index is 11.8. The molecule has 4 nitrogen and oxygen atoms in total. The Kier molecular flexibility index (Phi) is 7.15. The van der Waals surface area contributed by atoms with Gasteiger partial charge in [0.15, 0.2) is 6.10 Å². The first-order valence-electron chi connectivity index (χ1n) is 8.29. The van der Waals surface area contributed by atoms with Gasteiger partial charge in [-0.2, -0.15) is 0 Å². The molecule has 24 heavy (non-hydrogen) atoms. The van der Waals surface area contributed by atoms with Crippen LogP contribution < -0.4 is 9.47 Å². The summed E-state index contributed by atoms with van der Waals surface area (Å²) in [5.41, 5.74) is 1.11. The standard InChI is InChI=1S/C20H24O4/c1-3-4-14-22-20(21)16(2)24-19-12-10-18(11-13-19)23-15-17-8-6-5-7-9-17/h5-13,16H,3-4,14-15H2,1-2H3. The Hall–Kier alpha value is -2.49. The van der Waals surface area contributed by atoms with Gasteiger partial charge in [0.05, 0.1) is 6.61 Å². The molecule has 0 heterocycles. The van der Waals surface area contributed by atoms with Crippen molar-refractivity contribution in [3.05, 3.63) is 60.2 Å². The smallest absolute Gasteiger partial charge is 0.347 e. The summed E-state index contributed by atoms with van der Waals surface area (Å²) in [7, 11) is 0. The van der Waals surface area contributed by atoms with Crippen molar-refractivity contribution in [1.82, 2.24) is 0 Å². The highest BCUT2D eigenvalue weighted by atomic mass is 16.6. The lowest BCUT2D eigenvalue weighted by Gasteiger charge is -2.14. The zero-order valence-electron chi connectivity index (χ0n) is 14.2. The van der Waals surface area contributed by atoms with Crippen LogP contribution in [-0.4, -0.2) is 18.7 Å². The number of hydrogen-bond acceptors (Lipinski definition) is 4. The first-order chi connectivity index (χ1) is 11.7. The molecule has 0 bridgehead atoms. The Balaban J connectivity index is 1.80. The minimum Gasteiger partial charge on any atom is -0.489 e. The van der Waals surface area contributed by atoms with Gasteiger partial charge in [-0.15, -0.1) is 0 Å². The van der Waals surface area contributed by atoms with Crippen molar-refractivity contribution < 1.29 is 19.0 Å². The number of carbonyl (C=O) groups is 1. The van der Waals surface area contributed by atoms with E-state index in [1.807, 2.05) is 42.5 Å². The fourth-order valence-corrected chi connectivity index (χ4v) is 2.04. The van der Waals surface area contributed by atoms with Crippen LogP contribution in [0.2, 0.25) is 0 Å². The molecule has 0 N–H and O–H groups in total. The Morgan fingerprint density at radius 1 is 1.00 bits per heavy atom. The second-order valence-corrected chi connectivity index (χ2v) is 5.53. The zero-order chi connectivity index (χ0) is 17.2. The van der Waals surface area contributed by atoms with Gasteiger partial charge in [0.25, 0.3) is 0 Å². The van der Waals surface area contributed by atoms with E-state index in [9.17, 15) is 4.79 Å². The monoisotopic (exact) mass is 328 g/mol. The van der Waals surface area contributed by atoms with E-state index in [0.717, 1.165) is 24.2 Å². The van der Waals surface area contributed by atoms with E-state index >= 15 is 0 Å². The fraction of sp³-hybridized carbons (Fsp3) is 0.350. The molecule has 0 fully saturated rings. The summed E-state index contributed by atoms with van der Waals surface area (Å²) in [6.07, 6.45) is 1.23. The van der Waals surface area contributed by atoms with E-state index in [-0.39, 0.29) is 5.97 Å². The van der Waals surface area contributed by atoms with Crippen molar-refractivity contribution in [2.75, 3.05) is 6.61 Å². The summed E-state index contributed by atoms with van der Waals surface area (Å²) in [6.45, 7) is 4.69. The van der Waals surface area contributed by atoms with Gasteiger partial charge in [-0.25, -0.2) is 4.79 Å². The molecule has 0 saturated carbocycles. The fourth-order valence-electron chi connectivity index (χ4n) is 2.04. The Labute approximate surface area is 143 Å². The molecule has 4 heteroatoms. The molecule has 0 aliphatic heterocycles. The molecule has 0 aliphatic carbocycles. The molecule has 0 saturated heterocycles. The highest BCUT2D eigenvalue weighted by Gasteiger charge is 2.16. The maximum atomic E-state index is 11.8. The van der Waals surface area contributed by atoms with E-state index < -0.39 is 6.10 Å². The molecule has 0 amide bonds. The van der Waals surface area contributed by atoms with E-state index in [2.05, 4.69) is 6.92 Å². The predicted molar refractivity (Wildman–Crippen MR) is 93.2 cm³/mol. The number of carbonyl (C=O) groups excluding carboxylic acids is 1. The van der Waals surface area contributed by atoms with Crippen LogP contribution in [0.1, 0.15) is 32.3 Å². The number of hydrogen-bond donors (Lipinski definition) is 0. The third-order valence-corrected chi connectivity index (χ3v) is 3.46. The van der Waals surface area contributed by atoms with Crippen LogP contribution in [0.4, 0.5) is 0 Å². The van der Waals surface area contributed by atoms with Crippen LogP contribution in [0.25, 0.3) is 0 Å². The second kappa shape index (κ2) is 9.60. The molecule has 0 aromatic heterocycles. The van der Waals surface area contributed by atoms with Crippen molar-refractivity contribution >= 4 is 5.97 Å². The minimum atomic E-state index is -0.627. The molecular weight excluding hydrogens is 304 g/mol. The quantitative estimate of drug-likeness (QED) is 0.506. The van der Waals surface area contributed by atoms with Crippen LogP contribution in [0.15, 0.2) is 54.6 Å². The lowest BCUT2D eigenvalue weighted by molar-refractivity contribution is -0.151. The number of rotatable bonds is 9. The molecule has 2 aromatic carbocycles. The van der Waals surface area contributed by atoms with Gasteiger partial charge in [-0.1, -0.05) is 43.7 Å². The first-order valence-corrected chi connectivity index (χ1v) is 8.29. The van der Waals surface area contributed by atoms with Gasteiger partial charge in [-0.05, 0) is 43.2 Å². The van der Waals surface area contributed by atoms with Crippen molar-refractivity contribution in [3.63, 3.8) is 0 Å². The van der Waals surface area contributed by atoms with E-state index in [1.165, 1.54) is 0 Å². The van der Waals surface area contributed by atoms with Gasteiger partial charge in [-0.3, -0.25) is 0 Å². The van der Waals surface area contributed by atoms with Crippen molar-refractivity contribution in [1.29, 1.82) is 0 Å². The van der Waals surface area contributed by atoms with E-state index in [4.69, 9.17) is 14.2 Å². The summed E-state index contributed by atoms with van der Waals surface area (Å²) in [5.74, 6) is 1.03. The number of ether oxygens (including phenoxy) is 3. The molecular formula is C20H24O4. The lowest BCUT2D eigenvalue weighted by atomic mass is 10.2. The molecule has 0 radical (unpaired) electrons. The van der Waals surface area contributed by atoms with Crippen molar-refractivity contribution in [3.8, 4) is 11.5 Å². The van der Waals surface area contributed by atoms with E-state index in [0.29, 0.717) is 19.0 Å². The molecule has 1 atom stereocenters. The van der Waals surface area contributed by atoms with Crippen LogP contribution in [-0.2, 0) is 16.1 Å². The van der Waals surface area contributed by atoms with Gasteiger partial charge < -0.3 is 14.2 Å². The van der Waals surface area contributed by atoms with Crippen LogP contribution in [0.5, 0.6) is 11.5 Å². The minimum absolute atomic E-state index is 0.340. The second-order valence-electron chi connectivity index (χ2n) is 5.53. The zero-order valence-corrected chi connectivity index (χ0v) is 14.2. The highest BCUT2D eigenvalue weighted by molar-refractivity contribution is 5.74. The average molecular weight is 328 g/mol. The van der Waals surface area contributed by atoms with Gasteiger partial charge in [0.2, 0.25) is 0 Å². The Morgan fingerprint density at radius 2 is 1.67 bits per heavy atom. The molecule has 2 aromatic rings. The van der Waals surface area contributed by atoms with Crippen LogP contribution in [0, 0.1) is 0 Å². The summed E-state index contributed by atoms with van der Waals surface area (Å²) >= 11 is 0. The first kappa shape index (κ1) is 17.9. The van der Waals surface area contributed by atoms with Gasteiger partial charge in [0, 0.05) is 0 Å². The lowest BCUT2D eigenvalue weighted by Crippen LogP contribution is -2.26. The highest BCUT2D eigenvalue weighted by Crippen LogP contribution is 2.20. The summed E-state index contributed by atoms with van der Waals surface area (Å²) < 4.78 is 16.5. The maximum Gasteiger partial charge on any atom is 0.347 e. The molecule has 2 rings (SSSR count). The third-order valence-electron chi connectivity index (χ3n) is 3.46. The average Bonchev–Trinajstić information content (AvgIpc) is 2.62. The molecule has 1 unspecified atom stereocenters. The largest absolute Gasteiger partial charge is 0.489 e. The topological polar surface area (TPSA) is 44.8 Å². The summed E-state index contributed by atoms with van der Waals surface area (Å²) in [4.78, 5) is 11.8. The molecule has 0 aliphatic rings. The normalized spacial score (nSPS) is 11.6. The van der Waals surface area contributed by atoms with E-state index in [1.54, 1.807) is 19.1 Å². The number of esters is 1. The number of benzene rings is 2. The van der Waals surface area contributed by atoms with Crippen molar-refractivity contribution in [2.24, 2.45) is 0 Å². The summed E-state index contributed by atoms with van der Waals surface area (Å²) in [5, 5.41) is 0. The third kappa shape index (κ3) is 5.95. The SMILES string of the molecule is CCCCOC(=O)C(C)Oc1ccc(OCc2ccccc2)cc1.